The van der Waals surface area contributed by atoms with E-state index in [1.165, 1.54) is 0 Å². The molecule has 22 heavy (non-hydrogen) atoms. The van der Waals surface area contributed by atoms with Gasteiger partial charge >= 0.3 is 0 Å². The summed E-state index contributed by atoms with van der Waals surface area (Å²) < 4.78 is 3.47. The van der Waals surface area contributed by atoms with Crippen molar-refractivity contribution >= 4 is 17.3 Å². The van der Waals surface area contributed by atoms with E-state index in [9.17, 15) is 0 Å². The standard InChI is InChI=1S/C14H12N8/c1-21-9-10(5-17-21)12-7-16-8-13-19-14(20-22(12)13)18-11-3-2-4-15-6-11/h2-9H,1H3,(H,18,20). The molecule has 0 bridgehead atoms. The van der Waals surface area contributed by atoms with E-state index in [1.807, 2.05) is 25.4 Å². The molecule has 4 aromatic heterocycles. The first kappa shape index (κ1) is 12.5. The average molecular weight is 292 g/mol. The summed E-state index contributed by atoms with van der Waals surface area (Å²) in [5, 5.41) is 11.8. The monoisotopic (exact) mass is 292 g/mol. The average Bonchev–Trinajstić information content (AvgIpc) is 3.13. The topological polar surface area (TPSA) is 85.8 Å². The third-order valence-electron chi connectivity index (χ3n) is 3.17. The van der Waals surface area contributed by atoms with E-state index in [-0.39, 0.29) is 0 Å². The van der Waals surface area contributed by atoms with Crippen molar-refractivity contribution < 1.29 is 0 Å². The molecule has 4 rings (SSSR count). The molecular formula is C14H12N8. The van der Waals surface area contributed by atoms with E-state index in [2.05, 4.69) is 30.5 Å². The van der Waals surface area contributed by atoms with E-state index < -0.39 is 0 Å². The summed E-state index contributed by atoms with van der Waals surface area (Å²) in [6.07, 6.45) is 10.5. The quantitative estimate of drug-likeness (QED) is 0.618. The number of nitrogens with zero attached hydrogens (tertiary/aromatic N) is 7. The van der Waals surface area contributed by atoms with Crippen molar-refractivity contribution in [1.82, 2.24) is 34.3 Å². The Morgan fingerprint density at radius 1 is 1.09 bits per heavy atom. The lowest BCUT2D eigenvalue weighted by Gasteiger charge is -2.00. The first-order chi connectivity index (χ1) is 10.8. The predicted octanol–water partition coefficient (Wildman–Crippen LogP) is 1.66. The van der Waals surface area contributed by atoms with Gasteiger partial charge in [0, 0.05) is 25.0 Å². The summed E-state index contributed by atoms with van der Waals surface area (Å²) in [7, 11) is 1.87. The van der Waals surface area contributed by atoms with Crippen LogP contribution in [0.4, 0.5) is 11.6 Å². The minimum Gasteiger partial charge on any atom is -0.321 e. The Morgan fingerprint density at radius 3 is 2.82 bits per heavy atom. The molecule has 0 aliphatic carbocycles. The number of fused-ring (bicyclic) bond motifs is 1. The third-order valence-corrected chi connectivity index (χ3v) is 3.17. The number of pyridine rings is 1. The van der Waals surface area contributed by atoms with Gasteiger partial charge in [0.2, 0.25) is 5.95 Å². The highest BCUT2D eigenvalue weighted by Gasteiger charge is 2.10. The molecule has 4 aromatic rings. The van der Waals surface area contributed by atoms with E-state index in [1.54, 1.807) is 40.2 Å². The highest BCUT2D eigenvalue weighted by atomic mass is 15.4. The zero-order valence-electron chi connectivity index (χ0n) is 11.7. The molecule has 0 aliphatic rings. The fourth-order valence-corrected chi connectivity index (χ4v) is 2.18. The van der Waals surface area contributed by atoms with Crippen molar-refractivity contribution in [3.8, 4) is 11.3 Å². The van der Waals surface area contributed by atoms with Gasteiger partial charge in [0.05, 0.1) is 36.2 Å². The van der Waals surface area contributed by atoms with E-state index in [0.717, 1.165) is 16.9 Å². The van der Waals surface area contributed by atoms with Gasteiger partial charge in [-0.1, -0.05) is 0 Å². The van der Waals surface area contributed by atoms with Crippen LogP contribution in [0, 0.1) is 0 Å². The van der Waals surface area contributed by atoms with Crippen LogP contribution in [0.25, 0.3) is 16.9 Å². The molecule has 1 N–H and O–H groups in total. The Morgan fingerprint density at radius 2 is 2.05 bits per heavy atom. The number of aryl methyl sites for hydroxylation is 1. The number of hydrogen-bond acceptors (Lipinski definition) is 6. The van der Waals surface area contributed by atoms with Crippen LogP contribution in [-0.4, -0.2) is 34.3 Å². The van der Waals surface area contributed by atoms with Crippen molar-refractivity contribution in [3.05, 3.63) is 49.3 Å². The van der Waals surface area contributed by atoms with Gasteiger partial charge in [0.1, 0.15) is 0 Å². The van der Waals surface area contributed by atoms with Gasteiger partial charge < -0.3 is 5.32 Å². The van der Waals surface area contributed by atoms with E-state index in [4.69, 9.17) is 0 Å². The van der Waals surface area contributed by atoms with Crippen LogP contribution in [0.5, 0.6) is 0 Å². The summed E-state index contributed by atoms with van der Waals surface area (Å²) in [5.41, 5.74) is 3.25. The SMILES string of the molecule is Cn1cc(-c2cncc3nc(Nc4cccnc4)nn23)cn1. The normalized spacial score (nSPS) is 11.0. The molecule has 0 aliphatic heterocycles. The Hall–Kier alpha value is -3.29. The number of nitrogens with one attached hydrogen (secondary N) is 1. The number of rotatable bonds is 3. The van der Waals surface area contributed by atoms with Gasteiger partial charge in [-0.15, -0.1) is 5.10 Å². The zero-order valence-corrected chi connectivity index (χ0v) is 11.7. The molecule has 0 aromatic carbocycles. The van der Waals surface area contributed by atoms with E-state index >= 15 is 0 Å². The van der Waals surface area contributed by atoms with Crippen molar-refractivity contribution in [1.29, 1.82) is 0 Å². The van der Waals surface area contributed by atoms with Crippen molar-refractivity contribution in [2.45, 2.75) is 0 Å². The lowest BCUT2D eigenvalue weighted by Crippen LogP contribution is -1.96. The molecule has 0 fully saturated rings. The molecule has 0 unspecified atom stereocenters. The van der Waals surface area contributed by atoms with Crippen LogP contribution in [0.1, 0.15) is 0 Å². The van der Waals surface area contributed by atoms with Gasteiger partial charge in [-0.3, -0.25) is 14.6 Å². The van der Waals surface area contributed by atoms with Gasteiger partial charge in [-0.25, -0.2) is 4.52 Å². The molecule has 0 atom stereocenters. The molecule has 8 heteroatoms. The fraction of sp³-hybridized carbons (Fsp3) is 0.0714. The maximum Gasteiger partial charge on any atom is 0.247 e. The second kappa shape index (κ2) is 4.92. The molecule has 0 spiro atoms. The Labute approximate surface area is 125 Å². The summed E-state index contributed by atoms with van der Waals surface area (Å²) in [4.78, 5) is 12.7. The molecule has 108 valence electrons. The summed E-state index contributed by atoms with van der Waals surface area (Å²) in [6, 6.07) is 3.75. The van der Waals surface area contributed by atoms with Gasteiger partial charge in [-0.2, -0.15) is 10.1 Å². The van der Waals surface area contributed by atoms with Crippen LogP contribution >= 0.6 is 0 Å². The highest BCUT2D eigenvalue weighted by molar-refractivity contribution is 5.61. The summed E-state index contributed by atoms with van der Waals surface area (Å²) in [6.45, 7) is 0. The molecule has 0 radical (unpaired) electrons. The van der Waals surface area contributed by atoms with Crippen molar-refractivity contribution in [3.63, 3.8) is 0 Å². The summed E-state index contributed by atoms with van der Waals surface area (Å²) in [5.74, 6) is 0.492. The lowest BCUT2D eigenvalue weighted by molar-refractivity contribution is 0.768. The van der Waals surface area contributed by atoms with Gasteiger partial charge in [-0.05, 0) is 12.1 Å². The van der Waals surface area contributed by atoms with Gasteiger partial charge in [0.15, 0.2) is 5.65 Å². The predicted molar refractivity (Wildman–Crippen MR) is 80.5 cm³/mol. The molecule has 0 saturated heterocycles. The molecule has 0 saturated carbocycles. The maximum atomic E-state index is 4.48. The zero-order chi connectivity index (χ0) is 14.9. The first-order valence-corrected chi connectivity index (χ1v) is 6.66. The highest BCUT2D eigenvalue weighted by Crippen LogP contribution is 2.20. The number of aromatic nitrogens is 7. The van der Waals surface area contributed by atoms with Gasteiger partial charge in [0.25, 0.3) is 0 Å². The molecular weight excluding hydrogens is 280 g/mol. The largest absolute Gasteiger partial charge is 0.321 e. The van der Waals surface area contributed by atoms with Crippen LogP contribution < -0.4 is 5.32 Å². The van der Waals surface area contributed by atoms with Crippen LogP contribution in [0.2, 0.25) is 0 Å². The lowest BCUT2D eigenvalue weighted by atomic mass is 10.3. The first-order valence-electron chi connectivity index (χ1n) is 6.66. The molecule has 0 amide bonds. The van der Waals surface area contributed by atoms with Crippen LogP contribution in [0.3, 0.4) is 0 Å². The minimum atomic E-state index is 0.492. The van der Waals surface area contributed by atoms with E-state index in [0.29, 0.717) is 11.6 Å². The van der Waals surface area contributed by atoms with Crippen molar-refractivity contribution in [2.24, 2.45) is 7.05 Å². The second-order valence-electron chi connectivity index (χ2n) is 4.77. The number of anilines is 2. The number of hydrogen-bond donors (Lipinski definition) is 1. The summed E-state index contributed by atoms with van der Waals surface area (Å²) >= 11 is 0. The Kier molecular flexibility index (Phi) is 2.78. The maximum absolute atomic E-state index is 4.48. The smallest absolute Gasteiger partial charge is 0.247 e. The Balaban J connectivity index is 1.78. The molecule has 4 heterocycles. The van der Waals surface area contributed by atoms with Crippen molar-refractivity contribution in [2.75, 3.05) is 5.32 Å². The second-order valence-corrected chi connectivity index (χ2v) is 4.77. The third kappa shape index (κ3) is 2.16. The fourth-order valence-electron chi connectivity index (χ4n) is 2.18. The molecule has 8 nitrogen and oxygen atoms in total. The minimum absolute atomic E-state index is 0.492. The van der Waals surface area contributed by atoms with Crippen LogP contribution in [0.15, 0.2) is 49.3 Å². The Bertz CT molecular complexity index is 924. The van der Waals surface area contributed by atoms with Crippen LogP contribution in [-0.2, 0) is 7.05 Å².